The smallest absolute Gasteiger partial charge is 0.311 e. The van der Waals surface area contributed by atoms with Crippen molar-refractivity contribution >= 4 is 22.8 Å². The number of esters is 1. The predicted octanol–water partition coefficient (Wildman–Crippen LogP) is 1.81. The molecule has 82 valence electrons. The molecule has 0 saturated carbocycles. The second-order valence-electron chi connectivity index (χ2n) is 3.10. The number of H-pyrrole nitrogens is 1. The summed E-state index contributed by atoms with van der Waals surface area (Å²) in [5.74, 6) is -0.323. The second-order valence-corrected chi connectivity index (χ2v) is 3.44. The van der Waals surface area contributed by atoms with E-state index in [-0.39, 0.29) is 12.4 Å². The first-order valence-electron chi connectivity index (χ1n) is 4.58. The van der Waals surface area contributed by atoms with Gasteiger partial charge in [-0.2, -0.15) is 0 Å². The predicted molar refractivity (Wildman–Crippen MR) is 56.1 cm³/mol. The fourth-order valence-corrected chi connectivity index (χ4v) is 1.35. The van der Waals surface area contributed by atoms with Crippen LogP contribution < -0.4 is 0 Å². The molecule has 1 aromatic rings. The van der Waals surface area contributed by atoms with Gasteiger partial charge < -0.3 is 9.72 Å². The Bertz CT molecular complexity index is 384. The minimum Gasteiger partial charge on any atom is -0.466 e. The summed E-state index contributed by atoms with van der Waals surface area (Å²) in [6.07, 6.45) is 0.129. The number of hydrogen-bond donors (Lipinski definition) is 1. The standard InChI is InChI=1S/C10H12ClNO3/c1-3-15-9(13)5-7-6(2)4-8(12-7)10(11)14/h4,12H,3,5H2,1-2H3. The van der Waals surface area contributed by atoms with Gasteiger partial charge in [-0.1, -0.05) is 0 Å². The molecule has 0 aliphatic heterocycles. The van der Waals surface area contributed by atoms with Crippen molar-refractivity contribution in [2.24, 2.45) is 0 Å². The first-order valence-corrected chi connectivity index (χ1v) is 4.96. The van der Waals surface area contributed by atoms with E-state index in [4.69, 9.17) is 16.3 Å². The van der Waals surface area contributed by atoms with Crippen LogP contribution in [0.25, 0.3) is 0 Å². The minimum absolute atomic E-state index is 0.129. The Hall–Kier alpha value is -1.29. The highest BCUT2D eigenvalue weighted by Crippen LogP contribution is 2.12. The highest BCUT2D eigenvalue weighted by Gasteiger charge is 2.12. The van der Waals surface area contributed by atoms with E-state index in [0.717, 1.165) is 5.56 Å². The lowest BCUT2D eigenvalue weighted by atomic mass is 10.2. The van der Waals surface area contributed by atoms with E-state index in [1.165, 1.54) is 0 Å². The van der Waals surface area contributed by atoms with Crippen molar-refractivity contribution in [3.05, 3.63) is 23.0 Å². The maximum atomic E-state index is 11.2. The van der Waals surface area contributed by atoms with Gasteiger partial charge in [0.05, 0.1) is 18.7 Å². The third kappa shape index (κ3) is 3.09. The van der Waals surface area contributed by atoms with Crippen molar-refractivity contribution in [3.63, 3.8) is 0 Å². The van der Waals surface area contributed by atoms with Crippen LogP contribution in [0.15, 0.2) is 6.07 Å². The molecule has 0 radical (unpaired) electrons. The number of aromatic nitrogens is 1. The number of nitrogens with one attached hydrogen (secondary N) is 1. The molecule has 1 heterocycles. The fraction of sp³-hybridized carbons (Fsp3) is 0.400. The molecule has 0 aliphatic carbocycles. The van der Waals surface area contributed by atoms with E-state index < -0.39 is 5.24 Å². The highest BCUT2D eigenvalue weighted by atomic mass is 35.5. The number of aromatic amines is 1. The van der Waals surface area contributed by atoms with Crippen LogP contribution in [0.3, 0.4) is 0 Å². The van der Waals surface area contributed by atoms with Gasteiger partial charge >= 0.3 is 5.97 Å². The summed E-state index contributed by atoms with van der Waals surface area (Å²) in [7, 11) is 0. The lowest BCUT2D eigenvalue weighted by molar-refractivity contribution is -0.142. The normalized spacial score (nSPS) is 10.1. The van der Waals surface area contributed by atoms with Crippen LogP contribution in [-0.2, 0) is 16.0 Å². The molecule has 0 unspecified atom stereocenters. The number of rotatable bonds is 4. The summed E-state index contributed by atoms with van der Waals surface area (Å²) in [4.78, 5) is 24.8. The van der Waals surface area contributed by atoms with Crippen molar-refractivity contribution in [2.45, 2.75) is 20.3 Å². The first-order chi connectivity index (χ1) is 7.04. The van der Waals surface area contributed by atoms with Crippen molar-refractivity contribution in [1.82, 2.24) is 4.98 Å². The van der Waals surface area contributed by atoms with E-state index in [2.05, 4.69) is 4.98 Å². The third-order valence-electron chi connectivity index (χ3n) is 1.96. The van der Waals surface area contributed by atoms with Gasteiger partial charge in [0.1, 0.15) is 0 Å². The highest BCUT2D eigenvalue weighted by molar-refractivity contribution is 6.67. The lowest BCUT2D eigenvalue weighted by Crippen LogP contribution is -2.08. The van der Waals surface area contributed by atoms with Gasteiger partial charge in [-0.25, -0.2) is 0 Å². The monoisotopic (exact) mass is 229 g/mol. The zero-order chi connectivity index (χ0) is 11.4. The Morgan fingerprint density at radius 1 is 1.53 bits per heavy atom. The molecule has 0 bridgehead atoms. The molecule has 0 saturated heterocycles. The van der Waals surface area contributed by atoms with E-state index in [0.29, 0.717) is 18.0 Å². The van der Waals surface area contributed by atoms with Gasteiger partial charge in [0.2, 0.25) is 0 Å². The number of halogens is 1. The summed E-state index contributed by atoms with van der Waals surface area (Å²) >= 11 is 5.30. The Morgan fingerprint density at radius 3 is 2.67 bits per heavy atom. The van der Waals surface area contributed by atoms with Crippen LogP contribution in [0.4, 0.5) is 0 Å². The van der Waals surface area contributed by atoms with Crippen LogP contribution in [-0.4, -0.2) is 22.8 Å². The molecule has 0 fully saturated rings. The maximum Gasteiger partial charge on any atom is 0.311 e. The Morgan fingerprint density at radius 2 is 2.20 bits per heavy atom. The summed E-state index contributed by atoms with van der Waals surface area (Å²) < 4.78 is 4.79. The van der Waals surface area contributed by atoms with E-state index in [9.17, 15) is 9.59 Å². The number of hydrogen-bond acceptors (Lipinski definition) is 3. The van der Waals surface area contributed by atoms with Crippen molar-refractivity contribution in [2.75, 3.05) is 6.61 Å². The molecule has 0 amide bonds. The first kappa shape index (κ1) is 11.8. The molecule has 0 aliphatic rings. The van der Waals surface area contributed by atoms with E-state index in [1.54, 1.807) is 19.9 Å². The number of carbonyl (C=O) groups is 2. The summed E-state index contributed by atoms with van der Waals surface area (Å²) in [5.41, 5.74) is 1.79. The molecular formula is C10H12ClNO3. The molecule has 4 nitrogen and oxygen atoms in total. The zero-order valence-electron chi connectivity index (χ0n) is 8.59. The van der Waals surface area contributed by atoms with Crippen LogP contribution in [0.5, 0.6) is 0 Å². The van der Waals surface area contributed by atoms with Gasteiger partial charge in [0.15, 0.2) is 0 Å². The molecule has 0 spiro atoms. The van der Waals surface area contributed by atoms with Crippen LogP contribution >= 0.6 is 11.6 Å². The number of carbonyl (C=O) groups excluding carboxylic acids is 2. The quantitative estimate of drug-likeness (QED) is 0.633. The topological polar surface area (TPSA) is 59.2 Å². The second kappa shape index (κ2) is 4.98. The average molecular weight is 230 g/mol. The minimum atomic E-state index is -0.562. The van der Waals surface area contributed by atoms with E-state index >= 15 is 0 Å². The van der Waals surface area contributed by atoms with Crippen LogP contribution in [0, 0.1) is 6.92 Å². The SMILES string of the molecule is CCOC(=O)Cc1[nH]c(C(=O)Cl)cc1C. The number of ether oxygens (including phenoxy) is 1. The fourth-order valence-electron chi connectivity index (χ4n) is 1.25. The zero-order valence-corrected chi connectivity index (χ0v) is 9.35. The molecule has 15 heavy (non-hydrogen) atoms. The Labute approximate surface area is 92.6 Å². The summed E-state index contributed by atoms with van der Waals surface area (Å²) in [5, 5.41) is -0.562. The van der Waals surface area contributed by atoms with Gasteiger partial charge in [-0.15, -0.1) is 0 Å². The largest absolute Gasteiger partial charge is 0.466 e. The molecule has 0 atom stereocenters. The molecule has 1 N–H and O–H groups in total. The molecule has 1 rings (SSSR count). The van der Waals surface area contributed by atoms with E-state index in [1.807, 2.05) is 0 Å². The van der Waals surface area contributed by atoms with Crippen molar-refractivity contribution < 1.29 is 14.3 Å². The van der Waals surface area contributed by atoms with Gasteiger partial charge in [0.25, 0.3) is 5.24 Å². The molecular weight excluding hydrogens is 218 g/mol. The lowest BCUT2D eigenvalue weighted by Gasteiger charge is -2.00. The van der Waals surface area contributed by atoms with Crippen LogP contribution in [0.1, 0.15) is 28.7 Å². The van der Waals surface area contributed by atoms with Gasteiger partial charge in [0, 0.05) is 5.69 Å². The Kier molecular flexibility index (Phi) is 3.91. The molecule has 1 aromatic heterocycles. The molecule has 0 aromatic carbocycles. The molecule has 5 heteroatoms. The average Bonchev–Trinajstić information content (AvgIpc) is 2.48. The van der Waals surface area contributed by atoms with Gasteiger partial charge in [-0.05, 0) is 37.1 Å². The third-order valence-corrected chi connectivity index (χ3v) is 2.16. The van der Waals surface area contributed by atoms with Crippen molar-refractivity contribution in [1.29, 1.82) is 0 Å². The number of aryl methyl sites for hydroxylation is 1. The van der Waals surface area contributed by atoms with Crippen LogP contribution in [0.2, 0.25) is 0 Å². The van der Waals surface area contributed by atoms with Gasteiger partial charge in [-0.3, -0.25) is 9.59 Å². The Balaban J connectivity index is 2.77. The summed E-state index contributed by atoms with van der Waals surface area (Å²) in [6, 6.07) is 1.61. The summed E-state index contributed by atoms with van der Waals surface area (Å²) in [6.45, 7) is 3.89. The maximum absolute atomic E-state index is 11.2. The van der Waals surface area contributed by atoms with Crippen molar-refractivity contribution in [3.8, 4) is 0 Å².